The fourth-order valence-electron chi connectivity index (χ4n) is 3.63. The first-order chi connectivity index (χ1) is 11.7. The molecule has 24 heavy (non-hydrogen) atoms. The predicted octanol–water partition coefficient (Wildman–Crippen LogP) is 1.96. The molecular weight excluding hydrogens is 304 g/mol. The molecule has 0 saturated carbocycles. The van der Waals surface area contributed by atoms with E-state index < -0.39 is 0 Å². The number of piperidine rings is 1. The van der Waals surface area contributed by atoms with Gasteiger partial charge in [-0.1, -0.05) is 0 Å². The van der Waals surface area contributed by atoms with Crippen molar-refractivity contribution in [2.75, 3.05) is 26.7 Å². The Hall–Kier alpha value is -2.21. The zero-order valence-electron chi connectivity index (χ0n) is 13.9. The van der Waals surface area contributed by atoms with Gasteiger partial charge < -0.3 is 14.2 Å². The zero-order valence-corrected chi connectivity index (χ0v) is 13.9. The Kier molecular flexibility index (Phi) is 4.06. The van der Waals surface area contributed by atoms with E-state index in [-0.39, 0.29) is 11.8 Å². The summed E-state index contributed by atoms with van der Waals surface area (Å²) in [6.45, 7) is 3.22. The zero-order chi connectivity index (χ0) is 16.5. The van der Waals surface area contributed by atoms with Crippen LogP contribution in [0, 0.1) is 5.92 Å². The van der Waals surface area contributed by atoms with Crippen molar-refractivity contribution in [2.45, 2.75) is 25.8 Å². The van der Waals surface area contributed by atoms with Gasteiger partial charge in [0.25, 0.3) is 0 Å². The Morgan fingerprint density at radius 3 is 3.08 bits per heavy atom. The van der Waals surface area contributed by atoms with Crippen molar-refractivity contribution in [3.8, 4) is 11.5 Å². The molecule has 4 rings (SSSR count). The van der Waals surface area contributed by atoms with Crippen LogP contribution < -0.4 is 0 Å². The van der Waals surface area contributed by atoms with Crippen LogP contribution in [0.25, 0.3) is 11.5 Å². The third-order valence-electron chi connectivity index (χ3n) is 4.92. The molecule has 1 unspecified atom stereocenters. The van der Waals surface area contributed by atoms with Crippen molar-refractivity contribution >= 4 is 5.91 Å². The molecule has 0 radical (unpaired) electrons. The van der Waals surface area contributed by atoms with Crippen molar-refractivity contribution in [2.24, 2.45) is 5.92 Å². The summed E-state index contributed by atoms with van der Waals surface area (Å²) in [7, 11) is 2.09. The first kappa shape index (κ1) is 15.3. The number of aromatic nitrogens is 2. The van der Waals surface area contributed by atoms with E-state index in [4.69, 9.17) is 4.42 Å². The standard InChI is InChI=1S/C18H22N4O2/c1-21-8-3-5-14(11-21)18(23)22-9-6-16-15(12-22)20-17(24-16)13-4-2-7-19-10-13/h2,4,7,10,14H,3,5-6,8-9,11-12H2,1H3. The molecule has 4 heterocycles. The van der Waals surface area contributed by atoms with Crippen LogP contribution >= 0.6 is 0 Å². The predicted molar refractivity (Wildman–Crippen MR) is 89.1 cm³/mol. The van der Waals surface area contributed by atoms with Gasteiger partial charge in [-0.15, -0.1) is 0 Å². The monoisotopic (exact) mass is 326 g/mol. The van der Waals surface area contributed by atoms with Gasteiger partial charge in [0, 0.05) is 31.9 Å². The number of carbonyl (C=O) groups excluding carboxylic acids is 1. The third-order valence-corrected chi connectivity index (χ3v) is 4.92. The lowest BCUT2D eigenvalue weighted by molar-refractivity contribution is -0.138. The minimum Gasteiger partial charge on any atom is -0.441 e. The minimum absolute atomic E-state index is 0.120. The molecule has 0 bridgehead atoms. The van der Waals surface area contributed by atoms with Crippen LogP contribution in [-0.2, 0) is 17.8 Å². The topological polar surface area (TPSA) is 62.5 Å². The van der Waals surface area contributed by atoms with E-state index in [0.717, 1.165) is 49.4 Å². The Labute approximate surface area is 141 Å². The summed E-state index contributed by atoms with van der Waals surface area (Å²) in [6.07, 6.45) is 6.30. The molecule has 0 N–H and O–H groups in total. The van der Waals surface area contributed by atoms with Gasteiger partial charge in [-0.05, 0) is 38.6 Å². The van der Waals surface area contributed by atoms with Crippen LogP contribution in [0.5, 0.6) is 0 Å². The van der Waals surface area contributed by atoms with Crippen LogP contribution in [-0.4, -0.2) is 52.4 Å². The van der Waals surface area contributed by atoms with Crippen LogP contribution in [0.15, 0.2) is 28.9 Å². The van der Waals surface area contributed by atoms with Gasteiger partial charge in [-0.25, -0.2) is 4.98 Å². The van der Waals surface area contributed by atoms with E-state index in [0.29, 0.717) is 19.0 Å². The second kappa shape index (κ2) is 6.36. The van der Waals surface area contributed by atoms with Crippen LogP contribution in [0.4, 0.5) is 0 Å². The fourth-order valence-corrected chi connectivity index (χ4v) is 3.63. The summed E-state index contributed by atoms with van der Waals surface area (Å²) in [5.74, 6) is 1.88. The van der Waals surface area contributed by atoms with Crippen LogP contribution in [0.2, 0.25) is 0 Å². The second-order valence-corrected chi connectivity index (χ2v) is 6.74. The van der Waals surface area contributed by atoms with E-state index in [9.17, 15) is 4.79 Å². The lowest BCUT2D eigenvalue weighted by Gasteiger charge is -2.34. The van der Waals surface area contributed by atoms with Crippen LogP contribution in [0.3, 0.4) is 0 Å². The van der Waals surface area contributed by atoms with Gasteiger partial charge in [0.2, 0.25) is 11.8 Å². The fraction of sp³-hybridized carbons (Fsp3) is 0.500. The Morgan fingerprint density at radius 2 is 2.29 bits per heavy atom. The average molecular weight is 326 g/mol. The Bertz CT molecular complexity index is 728. The number of likely N-dealkylation sites (tertiary alicyclic amines) is 1. The molecule has 6 nitrogen and oxygen atoms in total. The van der Waals surface area contributed by atoms with Crippen molar-refractivity contribution in [3.63, 3.8) is 0 Å². The van der Waals surface area contributed by atoms with E-state index in [2.05, 4.69) is 21.9 Å². The lowest BCUT2D eigenvalue weighted by atomic mass is 9.96. The molecule has 6 heteroatoms. The van der Waals surface area contributed by atoms with Crippen molar-refractivity contribution in [1.82, 2.24) is 19.8 Å². The SMILES string of the molecule is CN1CCCC(C(=O)N2CCc3oc(-c4cccnc4)nc3C2)C1. The minimum atomic E-state index is 0.120. The highest BCUT2D eigenvalue weighted by Gasteiger charge is 2.31. The normalized spacial score (nSPS) is 21.5. The highest BCUT2D eigenvalue weighted by molar-refractivity contribution is 5.79. The summed E-state index contributed by atoms with van der Waals surface area (Å²) in [5, 5.41) is 0. The quantitative estimate of drug-likeness (QED) is 0.844. The number of hydrogen-bond acceptors (Lipinski definition) is 5. The molecule has 126 valence electrons. The highest BCUT2D eigenvalue weighted by atomic mass is 16.4. The van der Waals surface area contributed by atoms with E-state index in [1.165, 1.54) is 0 Å². The maximum Gasteiger partial charge on any atom is 0.228 e. The molecule has 0 aromatic carbocycles. The summed E-state index contributed by atoms with van der Waals surface area (Å²) in [4.78, 5) is 25.7. The number of carbonyl (C=O) groups is 1. The molecule has 1 atom stereocenters. The highest BCUT2D eigenvalue weighted by Crippen LogP contribution is 2.27. The van der Waals surface area contributed by atoms with Crippen molar-refractivity contribution < 1.29 is 9.21 Å². The number of oxazole rings is 1. The summed E-state index contributed by atoms with van der Waals surface area (Å²) >= 11 is 0. The Morgan fingerprint density at radius 1 is 1.38 bits per heavy atom. The molecule has 2 aromatic heterocycles. The number of pyridine rings is 1. The molecule has 1 amide bonds. The van der Waals surface area contributed by atoms with E-state index in [1.54, 1.807) is 12.4 Å². The Balaban J connectivity index is 1.49. The number of amides is 1. The maximum absolute atomic E-state index is 12.8. The third kappa shape index (κ3) is 2.94. The smallest absolute Gasteiger partial charge is 0.228 e. The van der Waals surface area contributed by atoms with Gasteiger partial charge >= 0.3 is 0 Å². The van der Waals surface area contributed by atoms with Gasteiger partial charge in [0.1, 0.15) is 11.5 Å². The molecule has 0 aliphatic carbocycles. The van der Waals surface area contributed by atoms with E-state index in [1.807, 2.05) is 17.0 Å². The second-order valence-electron chi connectivity index (χ2n) is 6.74. The molecule has 1 saturated heterocycles. The summed E-state index contributed by atoms with van der Waals surface area (Å²) in [5.41, 5.74) is 1.76. The van der Waals surface area contributed by atoms with Gasteiger partial charge in [-0.3, -0.25) is 9.78 Å². The maximum atomic E-state index is 12.8. The summed E-state index contributed by atoms with van der Waals surface area (Å²) in [6, 6.07) is 3.80. The molecule has 2 aromatic rings. The number of nitrogens with zero attached hydrogens (tertiary/aromatic N) is 4. The largest absolute Gasteiger partial charge is 0.441 e. The van der Waals surface area contributed by atoms with Gasteiger partial charge in [0.15, 0.2) is 0 Å². The lowest BCUT2D eigenvalue weighted by Crippen LogP contribution is -2.45. The molecule has 2 aliphatic heterocycles. The first-order valence-electron chi connectivity index (χ1n) is 8.57. The number of fused-ring (bicyclic) bond motifs is 1. The average Bonchev–Trinajstić information content (AvgIpc) is 3.05. The summed E-state index contributed by atoms with van der Waals surface area (Å²) < 4.78 is 5.89. The van der Waals surface area contributed by atoms with E-state index >= 15 is 0 Å². The van der Waals surface area contributed by atoms with Gasteiger partial charge in [-0.2, -0.15) is 0 Å². The molecule has 0 spiro atoms. The van der Waals surface area contributed by atoms with Gasteiger partial charge in [0.05, 0.1) is 18.0 Å². The number of rotatable bonds is 2. The van der Waals surface area contributed by atoms with Crippen LogP contribution in [0.1, 0.15) is 24.3 Å². The van der Waals surface area contributed by atoms with Crippen molar-refractivity contribution in [3.05, 3.63) is 36.0 Å². The van der Waals surface area contributed by atoms with Crippen molar-refractivity contribution in [1.29, 1.82) is 0 Å². The number of hydrogen-bond donors (Lipinski definition) is 0. The molecule has 2 aliphatic rings. The first-order valence-corrected chi connectivity index (χ1v) is 8.57. The molecule has 1 fully saturated rings. The molecular formula is C18H22N4O2.